The summed E-state index contributed by atoms with van der Waals surface area (Å²) >= 11 is 12.6. The van der Waals surface area contributed by atoms with E-state index >= 15 is 0 Å². The number of thiophene rings is 7. The van der Waals surface area contributed by atoms with Crippen LogP contribution in [0.3, 0.4) is 0 Å². The van der Waals surface area contributed by atoms with Gasteiger partial charge in [0.05, 0.1) is 52.0 Å². The van der Waals surface area contributed by atoms with Crippen molar-refractivity contribution in [1.82, 2.24) is 97.7 Å². The first kappa shape index (κ1) is 99.5. The Morgan fingerprint density at radius 3 is 0.992 bits per heavy atom. The third kappa shape index (κ3) is 33.8. The molecule has 0 aromatic carbocycles. The van der Waals surface area contributed by atoms with Crippen LogP contribution >= 0.6 is 79.4 Å². The van der Waals surface area contributed by atoms with Crippen LogP contribution in [0.25, 0.3) is 0 Å². The second kappa shape index (κ2) is 48.5. The van der Waals surface area contributed by atoms with Gasteiger partial charge < -0.3 is 72.4 Å². The molecule has 7 aliphatic heterocycles. The van der Waals surface area contributed by atoms with Gasteiger partial charge in [0.15, 0.2) is 41.7 Å². The molecule has 42 heteroatoms. The van der Waals surface area contributed by atoms with Gasteiger partial charge in [-0.15, -0.1) is 79.4 Å². The quantitative estimate of drug-likeness (QED) is 0.0482. The Morgan fingerprint density at radius 1 is 0.312 bits per heavy atom. The maximum Gasteiger partial charge on any atom is 0.205 e. The Kier molecular flexibility index (Phi) is 38.6. The fraction of sp³-hybridized carbons (Fsp3) is 0.494. The number of guanidine groups is 14. The average Bonchev–Trinajstić information content (AvgIpc) is 1.76. The van der Waals surface area contributed by atoms with Crippen LogP contribution in [-0.4, -0.2) is 257 Å². The molecule has 1 saturated heterocycles. The zero-order valence-corrected chi connectivity index (χ0v) is 83.1. The van der Waals surface area contributed by atoms with E-state index in [2.05, 4.69) is 284 Å². The Balaban J connectivity index is 0.000000181. The average molecular weight is 1840 g/mol. The van der Waals surface area contributed by atoms with Crippen molar-refractivity contribution in [2.75, 3.05) is 91.6 Å². The van der Waals surface area contributed by atoms with E-state index in [1.807, 2.05) is 177 Å². The first-order valence-corrected chi connectivity index (χ1v) is 46.7. The fourth-order valence-corrected chi connectivity index (χ4v) is 18.4. The second-order valence-electron chi connectivity index (χ2n) is 30.7. The van der Waals surface area contributed by atoms with Gasteiger partial charge in [0.25, 0.3) is 0 Å². The van der Waals surface area contributed by atoms with Crippen molar-refractivity contribution < 1.29 is 0 Å². The van der Waals surface area contributed by atoms with Crippen LogP contribution in [0.1, 0.15) is 117 Å². The summed E-state index contributed by atoms with van der Waals surface area (Å²) < 4.78 is 0. The predicted molar refractivity (Wildman–Crippen MR) is 534 cm³/mol. The topological polar surface area (TPSA) is 383 Å². The first-order valence-electron chi connectivity index (χ1n) is 41.0. The van der Waals surface area contributed by atoms with Crippen molar-refractivity contribution in [3.05, 3.63) is 153 Å². The van der Waals surface area contributed by atoms with Crippen LogP contribution in [0.15, 0.2) is 155 Å². The maximum atomic E-state index is 5.68. The number of aliphatic imine (C=N–C) groups is 14. The minimum atomic E-state index is -0.112. The van der Waals surface area contributed by atoms with Crippen LogP contribution < -0.4 is 70.0 Å². The van der Waals surface area contributed by atoms with Gasteiger partial charge in [-0.1, -0.05) is 0 Å². The lowest BCUT2D eigenvalue weighted by molar-refractivity contribution is 0.407. The lowest BCUT2D eigenvalue weighted by Gasteiger charge is -2.35. The molecule has 35 nitrogen and oxygen atoms in total. The Bertz CT molecular complexity index is 5060. The maximum absolute atomic E-state index is 5.68. The van der Waals surface area contributed by atoms with Crippen molar-refractivity contribution in [2.45, 2.75) is 186 Å². The molecule has 0 aliphatic carbocycles. The molecule has 0 saturated carbocycles. The third-order valence-corrected chi connectivity index (χ3v) is 24.9. The zero-order valence-electron chi connectivity index (χ0n) is 77.4. The van der Waals surface area contributed by atoms with Crippen LogP contribution in [0.4, 0.5) is 0 Å². The number of nitrogens with two attached hydrogens (primary N) is 2. The molecule has 7 aromatic heterocycles. The van der Waals surface area contributed by atoms with Crippen LogP contribution in [0.2, 0.25) is 0 Å². The molecule has 7 aromatic rings. The van der Waals surface area contributed by atoms with E-state index in [9.17, 15) is 0 Å². The van der Waals surface area contributed by atoms with E-state index in [-0.39, 0.29) is 43.2 Å². The third-order valence-electron chi connectivity index (χ3n) is 18.0. The van der Waals surface area contributed by atoms with E-state index in [0.717, 1.165) is 91.7 Å². The van der Waals surface area contributed by atoms with Gasteiger partial charge in [-0.05, 0) is 182 Å². The summed E-state index contributed by atoms with van der Waals surface area (Å²) in [4.78, 5) is 96.2. The number of nitrogens with zero attached hydrogens (tertiary/aromatic N) is 22. The highest BCUT2D eigenvalue weighted by Gasteiger charge is 2.27. The molecular weight excluding hydrogens is 1710 g/mol. The van der Waals surface area contributed by atoms with E-state index in [0.29, 0.717) is 37.5 Å². The summed E-state index contributed by atoms with van der Waals surface area (Å²) in [6.07, 6.45) is 0.0230. The van der Waals surface area contributed by atoms with Crippen molar-refractivity contribution in [3.63, 3.8) is 0 Å². The van der Waals surface area contributed by atoms with Crippen LogP contribution in [0.5, 0.6) is 0 Å². The van der Waals surface area contributed by atoms with Crippen LogP contribution in [-0.2, 0) is 45.8 Å². The number of nitrogens with one attached hydrogen (secondary N) is 11. The Labute approximate surface area is 767 Å². The van der Waals surface area contributed by atoms with E-state index in [1.165, 1.54) is 68.3 Å². The van der Waals surface area contributed by atoms with Gasteiger partial charge in [-0.25, -0.2) is 59.9 Å². The molecule has 0 spiro atoms. The molecule has 680 valence electrons. The summed E-state index contributed by atoms with van der Waals surface area (Å²) in [6, 6.07) is 29.9. The number of hydrogen-bond donors (Lipinski definition) is 13. The van der Waals surface area contributed by atoms with Gasteiger partial charge in [0, 0.05) is 160 Å². The normalized spacial score (nSPS) is 20.7. The van der Waals surface area contributed by atoms with Gasteiger partial charge in [-0.3, -0.25) is 46.8 Å². The number of hydrogen-bond acceptors (Lipinski definition) is 33. The molecule has 14 rings (SSSR count). The molecule has 14 heterocycles. The van der Waals surface area contributed by atoms with Gasteiger partial charge in [-0.2, -0.15) is 0 Å². The SMILES string of the molecule is CN=C1NC(=NCc2ccc(C)s2)NC(C)N1.CN=C1NC(N(C)Cc2ccc(C)s2)=NC(C)N1.Cc1ccc(CN(C)C2=NC(C)N=C(N(C)C)N2)s1.Cc1ccc(CN(C)C2=NC(C)N=C(N(C)C)N2C)s1.Cc1ccc(CN(C)C2=NC(C)N=C(N)N2)s1.Cc1ccc(CN=C2NC(N(C)C)=NC(C)N2)s1.Cc1ccc(CN=C2NC(N)=NC(C)N2)s1. The van der Waals surface area contributed by atoms with Crippen LogP contribution in [0, 0.1) is 48.5 Å². The smallest absolute Gasteiger partial charge is 0.205 e. The summed E-state index contributed by atoms with van der Waals surface area (Å²) in [5.41, 5.74) is 11.3. The standard InChI is InChI=1S/C14H23N5S.C13H21N5S.2C12H19N5S.2C11H17N5S.C10H15N5S/c1-10-7-8-12(20-10)9-18(5)14-16-11(2)15-13(17(3)4)19(14)6;1-9-6-7-11(19-9)8-18(5)13-15-10(2)14-12(16-13)17(3)4;1-8-5-6-10(18-8)7-13-11-14-9(2)15-12(16-11)17(3)4;1-8-5-6-10(18-8)7-17(4)12-15-9(2)14-11(13-3)16-12;1-7-4-5-9(17-7)6-16(3)11-14-8(2)13-10(12)15-11;1-7-4-5-9(17-7)6-13-11-15-8(2)14-10(12-3)16-11;1-6-3-4-8(16-6)5-12-10-14-7(2)13-9(11)15-10/h7-8,11H,9H2,1-6H3;6-7,10H,8H2,1-5H3,(H,14,15,16);2*5-6,9H,7H2,1-4H3,(H2,13,14,15,16);4-5,8H,6H2,1-3H3,(H3,12,13,14,15);4-5,8H,6H2,1-3H3,(H3,12,13,14,15,16);3-4,7H,5H2,1-2H3,(H4,11,12,13,14,15). The Hall–Kier alpha value is -10.9. The highest BCUT2D eigenvalue weighted by Crippen LogP contribution is 2.24. The fourth-order valence-electron chi connectivity index (χ4n) is 12.2. The predicted octanol–water partition coefficient (Wildman–Crippen LogP) is 9.40. The van der Waals surface area contributed by atoms with Crippen molar-refractivity contribution in [2.24, 2.45) is 81.4 Å². The largest absolute Gasteiger partial charge is 0.370 e. The summed E-state index contributed by atoms with van der Waals surface area (Å²) in [7, 11) is 25.6. The van der Waals surface area contributed by atoms with E-state index < -0.39 is 0 Å². The van der Waals surface area contributed by atoms with E-state index in [4.69, 9.17) is 11.5 Å². The molecule has 125 heavy (non-hydrogen) atoms. The zero-order chi connectivity index (χ0) is 91.3. The molecule has 7 unspecified atom stereocenters. The summed E-state index contributed by atoms with van der Waals surface area (Å²) in [5.74, 6) is 10.7. The number of aryl methyl sites for hydroxylation is 7. The lowest BCUT2D eigenvalue weighted by Crippen LogP contribution is -2.61. The van der Waals surface area contributed by atoms with Gasteiger partial charge in [0.1, 0.15) is 37.0 Å². The molecule has 0 radical (unpaired) electrons. The second-order valence-corrected chi connectivity index (χ2v) is 40.3. The highest BCUT2D eigenvalue weighted by molar-refractivity contribution is 7.13. The monoisotopic (exact) mass is 1840 g/mol. The molecule has 0 bridgehead atoms. The van der Waals surface area contributed by atoms with Crippen molar-refractivity contribution in [3.8, 4) is 0 Å². The molecule has 0 amide bonds. The summed E-state index contributed by atoms with van der Waals surface area (Å²) in [5, 5.41) is 34.4. The molecule has 7 aliphatic rings. The Morgan fingerprint density at radius 2 is 0.608 bits per heavy atom. The first-order chi connectivity index (χ1) is 59.3. The molecular formula is C83H131N35S7. The van der Waals surface area contributed by atoms with Gasteiger partial charge in [0.2, 0.25) is 41.7 Å². The minimum absolute atomic E-state index is 0.0231. The highest BCUT2D eigenvalue weighted by atomic mass is 32.1. The number of rotatable bonds is 14. The van der Waals surface area contributed by atoms with Crippen molar-refractivity contribution in [1.29, 1.82) is 0 Å². The summed E-state index contributed by atoms with van der Waals surface area (Å²) in [6.45, 7) is 34.1. The molecule has 15 N–H and O–H groups in total. The molecule has 7 atom stereocenters. The van der Waals surface area contributed by atoms with E-state index in [1.54, 1.807) is 59.4 Å². The molecule has 1 fully saturated rings. The van der Waals surface area contributed by atoms with Crippen molar-refractivity contribution >= 4 is 163 Å². The minimum Gasteiger partial charge on any atom is -0.370 e. The lowest BCUT2D eigenvalue weighted by atomic mass is 10.4. The van der Waals surface area contributed by atoms with Gasteiger partial charge >= 0.3 is 0 Å².